The molecule has 6 rings (SSSR count). The predicted molar refractivity (Wildman–Crippen MR) is 124 cm³/mol. The van der Waals surface area contributed by atoms with Gasteiger partial charge >= 0.3 is 0 Å². The second-order valence-corrected chi connectivity index (χ2v) is 7.39. The topological polar surface area (TPSA) is 35.9 Å². The van der Waals surface area contributed by atoms with Crippen molar-refractivity contribution >= 4 is 11.0 Å². The van der Waals surface area contributed by atoms with E-state index in [2.05, 4.69) is 58.6 Å². The Kier molecular flexibility index (Phi) is 6.14. The molecule has 0 unspecified atom stereocenters. The maximum atomic E-state index is 6.09. The van der Waals surface area contributed by atoms with Gasteiger partial charge in [-0.2, -0.15) is 30.3 Å². The Balaban J connectivity index is 0.00000241. The molecule has 0 aliphatic heterocycles. The van der Waals surface area contributed by atoms with Gasteiger partial charge in [0.15, 0.2) is 0 Å². The van der Waals surface area contributed by atoms with E-state index >= 15 is 0 Å². The molecule has 5 nitrogen and oxygen atoms in total. The van der Waals surface area contributed by atoms with Gasteiger partial charge in [0.25, 0.3) is 6.33 Å². The van der Waals surface area contributed by atoms with Crippen LogP contribution in [0.15, 0.2) is 103 Å². The molecule has 0 aliphatic carbocycles. The molecule has 6 heteroatoms. The Morgan fingerprint density at radius 2 is 1.44 bits per heavy atom. The largest absolute Gasteiger partial charge is 0.511 e. The van der Waals surface area contributed by atoms with Crippen LogP contribution in [0.5, 0.6) is 11.5 Å². The van der Waals surface area contributed by atoms with Crippen LogP contribution < -0.4 is 9.30 Å². The minimum absolute atomic E-state index is 0. The molecule has 0 saturated carbocycles. The number of hydrogen-bond donors (Lipinski definition) is 0. The third kappa shape index (κ3) is 4.20. The standard InChI is InChI=1S/C28H17N4O.Au/c1-2-8-22(9-3-1)31-21-32(28-15-5-4-14-27(28)31)24-11-7-13-26(19-24)33-25-12-6-10-23(18-25)30-17-16-29-20-30;/h1-17H;/q-3;. The molecule has 34 heavy (non-hydrogen) atoms. The summed E-state index contributed by atoms with van der Waals surface area (Å²) in [5.74, 6) is 1.18. The second-order valence-electron chi connectivity index (χ2n) is 7.39. The molecule has 169 valence electrons. The van der Waals surface area contributed by atoms with Crippen LogP contribution in [-0.4, -0.2) is 14.1 Å². The maximum Gasteiger partial charge on any atom is 0.268 e. The van der Waals surface area contributed by atoms with Gasteiger partial charge in [-0.05, 0) is 17.8 Å². The molecule has 0 saturated heterocycles. The summed E-state index contributed by atoms with van der Waals surface area (Å²) < 4.78 is 11.9. The third-order valence-corrected chi connectivity index (χ3v) is 5.26. The van der Waals surface area contributed by atoms with E-state index in [9.17, 15) is 0 Å². The Labute approximate surface area is 213 Å². The number of hydrogen-bond acceptors (Lipinski definition) is 2. The van der Waals surface area contributed by atoms with Gasteiger partial charge in [-0.25, -0.2) is 0 Å². The molecule has 2 aromatic heterocycles. The van der Waals surface area contributed by atoms with Crippen LogP contribution in [-0.2, 0) is 22.4 Å². The Morgan fingerprint density at radius 3 is 2.21 bits per heavy atom. The minimum atomic E-state index is 0. The number of ether oxygens (including phenoxy) is 1. The van der Waals surface area contributed by atoms with Crippen LogP contribution in [0, 0.1) is 24.8 Å². The normalized spacial score (nSPS) is 10.7. The van der Waals surface area contributed by atoms with Crippen LogP contribution in [0.4, 0.5) is 0 Å². The molecule has 0 atom stereocenters. The SMILES string of the molecule is [Au].[c-]1c(Oc2[c-]c(-n3[c-][n+](-c4ccccc4)c4ccccc43)ccc2)cccc1-n1[c-]ncc1. The van der Waals surface area contributed by atoms with E-state index in [0.717, 1.165) is 28.1 Å². The molecular weight excluding hydrogens is 605 g/mol. The first-order valence-corrected chi connectivity index (χ1v) is 10.5. The quantitative estimate of drug-likeness (QED) is 0.153. The molecule has 6 aromatic rings. The summed E-state index contributed by atoms with van der Waals surface area (Å²) >= 11 is 0. The number of para-hydroxylation sites is 3. The summed E-state index contributed by atoms with van der Waals surface area (Å²) in [6.45, 7) is 0. The fraction of sp³-hybridized carbons (Fsp3) is 0. The Hall–Kier alpha value is -3.90. The van der Waals surface area contributed by atoms with E-state index in [0.29, 0.717) is 11.5 Å². The summed E-state index contributed by atoms with van der Waals surface area (Å²) in [5, 5.41) is 0. The molecule has 0 bridgehead atoms. The average molecular weight is 622 g/mol. The first-order valence-electron chi connectivity index (χ1n) is 10.5. The minimum Gasteiger partial charge on any atom is -0.511 e. The van der Waals surface area contributed by atoms with Crippen LogP contribution in [0.2, 0.25) is 0 Å². The van der Waals surface area contributed by atoms with Gasteiger partial charge in [-0.15, -0.1) is 23.9 Å². The maximum absolute atomic E-state index is 6.09. The first kappa shape index (κ1) is 21.9. The van der Waals surface area contributed by atoms with E-state index in [1.54, 1.807) is 10.8 Å². The zero-order chi connectivity index (χ0) is 22.0. The number of fused-ring (bicyclic) bond motifs is 1. The van der Waals surface area contributed by atoms with Gasteiger partial charge < -0.3 is 18.9 Å². The number of benzene rings is 4. The van der Waals surface area contributed by atoms with Crippen molar-refractivity contribution in [2.75, 3.05) is 0 Å². The van der Waals surface area contributed by atoms with Crippen molar-refractivity contribution < 1.29 is 31.7 Å². The summed E-state index contributed by atoms with van der Waals surface area (Å²) in [5.41, 5.74) is 4.76. The fourth-order valence-electron chi connectivity index (χ4n) is 3.75. The van der Waals surface area contributed by atoms with Crippen LogP contribution in [0.1, 0.15) is 0 Å². The van der Waals surface area contributed by atoms with Crippen molar-refractivity contribution in [2.45, 2.75) is 0 Å². The van der Waals surface area contributed by atoms with E-state index in [-0.39, 0.29) is 22.4 Å². The van der Waals surface area contributed by atoms with Crippen molar-refractivity contribution in [3.05, 3.63) is 128 Å². The van der Waals surface area contributed by atoms with Crippen LogP contribution >= 0.6 is 0 Å². The van der Waals surface area contributed by atoms with E-state index in [4.69, 9.17) is 4.74 Å². The van der Waals surface area contributed by atoms with Gasteiger partial charge in [0, 0.05) is 40.2 Å². The number of aromatic nitrogens is 4. The fourth-order valence-corrected chi connectivity index (χ4v) is 3.75. The summed E-state index contributed by atoms with van der Waals surface area (Å²) in [6, 6.07) is 36.5. The van der Waals surface area contributed by atoms with Gasteiger partial charge in [0.2, 0.25) is 0 Å². The Bertz CT molecular complexity index is 1540. The molecule has 1 radical (unpaired) electrons. The van der Waals surface area contributed by atoms with E-state index < -0.39 is 0 Å². The summed E-state index contributed by atoms with van der Waals surface area (Å²) in [6.07, 6.45) is 9.83. The molecule has 2 heterocycles. The van der Waals surface area contributed by atoms with Crippen molar-refractivity contribution in [1.29, 1.82) is 0 Å². The molecule has 0 spiro atoms. The number of nitrogens with zero attached hydrogens (tertiary/aromatic N) is 4. The average Bonchev–Trinajstić information content (AvgIpc) is 3.54. The van der Waals surface area contributed by atoms with Gasteiger partial charge in [0.05, 0.1) is 16.7 Å². The van der Waals surface area contributed by atoms with Crippen molar-refractivity contribution in [3.8, 4) is 28.6 Å². The van der Waals surface area contributed by atoms with Gasteiger partial charge in [-0.3, -0.25) is 4.57 Å². The number of rotatable bonds is 5. The van der Waals surface area contributed by atoms with Gasteiger partial charge in [-0.1, -0.05) is 54.9 Å². The van der Waals surface area contributed by atoms with Crippen molar-refractivity contribution in [1.82, 2.24) is 14.1 Å². The van der Waals surface area contributed by atoms with Crippen LogP contribution in [0.25, 0.3) is 28.1 Å². The first-order chi connectivity index (χ1) is 16.3. The summed E-state index contributed by atoms with van der Waals surface area (Å²) in [4.78, 5) is 3.97. The monoisotopic (exact) mass is 622 g/mol. The van der Waals surface area contributed by atoms with E-state index in [1.807, 2.05) is 77.5 Å². The van der Waals surface area contributed by atoms with Crippen molar-refractivity contribution in [3.63, 3.8) is 0 Å². The van der Waals surface area contributed by atoms with Crippen LogP contribution in [0.3, 0.4) is 0 Å². The molecule has 4 aromatic carbocycles. The molecular formula is C28H17AuN4O-3. The number of imidazole rings is 2. The van der Waals surface area contributed by atoms with E-state index in [1.165, 1.54) is 0 Å². The Morgan fingerprint density at radius 1 is 0.735 bits per heavy atom. The third-order valence-electron chi connectivity index (χ3n) is 5.26. The zero-order valence-electron chi connectivity index (χ0n) is 17.8. The molecule has 0 aliphatic rings. The smallest absolute Gasteiger partial charge is 0.268 e. The second kappa shape index (κ2) is 9.53. The predicted octanol–water partition coefficient (Wildman–Crippen LogP) is 5.08. The molecule has 0 amide bonds. The van der Waals surface area contributed by atoms with Crippen molar-refractivity contribution in [2.24, 2.45) is 0 Å². The molecule has 0 fully saturated rings. The summed E-state index contributed by atoms with van der Waals surface area (Å²) in [7, 11) is 0. The zero-order valence-corrected chi connectivity index (χ0v) is 20.0. The van der Waals surface area contributed by atoms with Gasteiger partial charge in [0.1, 0.15) is 0 Å². The molecule has 0 N–H and O–H groups in total.